The lowest BCUT2D eigenvalue weighted by Gasteiger charge is -2.40. The van der Waals surface area contributed by atoms with E-state index in [9.17, 15) is 4.57 Å². The van der Waals surface area contributed by atoms with Gasteiger partial charge >= 0.3 is 7.52 Å². The van der Waals surface area contributed by atoms with Gasteiger partial charge in [0.05, 0.1) is 24.1 Å². The summed E-state index contributed by atoms with van der Waals surface area (Å²) in [6.45, 7) is 7.75. The Morgan fingerprint density at radius 3 is 2.61 bits per heavy atom. The second kappa shape index (κ2) is 8.38. The SMILES string of the molecule is CC1(C)CC2=NN(c3ccccc3)[P@](=O)(OC[C@@H]3CCCO3)C2=C(N2CCCCC2)C1. The molecule has 7 heteroatoms. The number of benzene rings is 1. The van der Waals surface area contributed by atoms with Gasteiger partial charge in [0.1, 0.15) is 5.31 Å². The Morgan fingerprint density at radius 1 is 1.13 bits per heavy atom. The Hall–Kier alpha value is -1.62. The number of allylic oxidation sites excluding steroid dienone is 2. The molecule has 0 spiro atoms. The normalized spacial score (nSPS) is 30.5. The molecule has 1 aromatic rings. The number of rotatable bonds is 5. The number of hydrogen-bond acceptors (Lipinski definition) is 5. The predicted octanol–water partition coefficient (Wildman–Crippen LogP) is 5.77. The van der Waals surface area contributed by atoms with Crippen LogP contribution >= 0.6 is 7.52 Å². The highest BCUT2D eigenvalue weighted by molar-refractivity contribution is 7.67. The smallest absolute Gasteiger partial charge is 0.350 e. The summed E-state index contributed by atoms with van der Waals surface area (Å²) in [5, 5.41) is 5.83. The van der Waals surface area contributed by atoms with Crippen LogP contribution < -0.4 is 4.78 Å². The maximum absolute atomic E-state index is 14.8. The zero-order valence-electron chi connectivity index (χ0n) is 18.8. The van der Waals surface area contributed by atoms with Crippen molar-refractivity contribution in [2.75, 3.05) is 31.1 Å². The van der Waals surface area contributed by atoms with Crippen molar-refractivity contribution in [3.63, 3.8) is 0 Å². The molecule has 2 atom stereocenters. The van der Waals surface area contributed by atoms with Gasteiger partial charge in [0.15, 0.2) is 0 Å². The number of anilines is 1. The van der Waals surface area contributed by atoms with Gasteiger partial charge in [-0.1, -0.05) is 32.0 Å². The van der Waals surface area contributed by atoms with Gasteiger partial charge in [-0.3, -0.25) is 4.57 Å². The molecule has 0 bridgehead atoms. The Kier molecular flexibility index (Phi) is 5.74. The van der Waals surface area contributed by atoms with Crippen molar-refractivity contribution in [2.45, 2.75) is 64.9 Å². The molecule has 0 saturated carbocycles. The van der Waals surface area contributed by atoms with E-state index < -0.39 is 7.52 Å². The second-order valence-electron chi connectivity index (χ2n) is 9.98. The Balaban J connectivity index is 1.59. The van der Waals surface area contributed by atoms with E-state index in [1.807, 2.05) is 30.3 Å². The molecule has 0 unspecified atom stereocenters. The summed E-state index contributed by atoms with van der Waals surface area (Å²) >= 11 is 0. The first kappa shape index (κ1) is 21.2. The Morgan fingerprint density at radius 2 is 1.90 bits per heavy atom. The van der Waals surface area contributed by atoms with Gasteiger partial charge in [-0.25, -0.2) is 0 Å². The quantitative estimate of drug-likeness (QED) is 0.541. The highest BCUT2D eigenvalue weighted by atomic mass is 31.2. The summed E-state index contributed by atoms with van der Waals surface area (Å²) in [6, 6.07) is 9.84. The van der Waals surface area contributed by atoms with E-state index in [0.717, 1.165) is 62.1 Å². The molecule has 0 N–H and O–H groups in total. The summed E-state index contributed by atoms with van der Waals surface area (Å²) in [7, 11) is -3.38. The summed E-state index contributed by atoms with van der Waals surface area (Å²) in [4.78, 5) is 2.46. The molecule has 0 radical (unpaired) electrons. The molecule has 3 heterocycles. The molecule has 4 aliphatic rings. The van der Waals surface area contributed by atoms with Crippen molar-refractivity contribution >= 4 is 18.9 Å². The maximum Gasteiger partial charge on any atom is 0.350 e. The largest absolute Gasteiger partial charge is 0.376 e. The Labute approximate surface area is 185 Å². The van der Waals surface area contributed by atoms with Crippen LogP contribution in [-0.2, 0) is 13.8 Å². The van der Waals surface area contributed by atoms with Crippen molar-refractivity contribution in [1.82, 2.24) is 4.90 Å². The van der Waals surface area contributed by atoms with Crippen LogP contribution in [-0.4, -0.2) is 43.0 Å². The second-order valence-corrected chi connectivity index (χ2v) is 12.1. The number of ether oxygens (including phenoxy) is 1. The summed E-state index contributed by atoms with van der Waals surface area (Å²) in [5.41, 5.74) is 3.05. The van der Waals surface area contributed by atoms with E-state index in [2.05, 4.69) is 18.7 Å². The zero-order valence-corrected chi connectivity index (χ0v) is 19.7. The van der Waals surface area contributed by atoms with E-state index in [1.54, 1.807) is 4.78 Å². The molecule has 1 aliphatic carbocycles. The molecule has 1 aromatic carbocycles. The van der Waals surface area contributed by atoms with Crippen LogP contribution in [0.2, 0.25) is 0 Å². The highest BCUT2D eigenvalue weighted by Gasteiger charge is 2.52. The van der Waals surface area contributed by atoms with E-state index in [1.165, 1.54) is 25.0 Å². The average molecular weight is 444 g/mol. The van der Waals surface area contributed by atoms with Crippen molar-refractivity contribution in [3.8, 4) is 0 Å². The van der Waals surface area contributed by atoms with Crippen molar-refractivity contribution in [3.05, 3.63) is 41.3 Å². The first-order valence-electron chi connectivity index (χ1n) is 11.7. The lowest BCUT2D eigenvalue weighted by molar-refractivity contribution is 0.0692. The topological polar surface area (TPSA) is 54.4 Å². The van der Waals surface area contributed by atoms with Gasteiger partial charge < -0.3 is 14.2 Å². The number of fused-ring (bicyclic) bond motifs is 1. The monoisotopic (exact) mass is 443 g/mol. The number of piperidine rings is 1. The third-order valence-corrected chi connectivity index (χ3v) is 9.17. The molecule has 2 saturated heterocycles. The summed E-state index contributed by atoms with van der Waals surface area (Å²) in [5.74, 6) is 0. The van der Waals surface area contributed by atoms with Crippen molar-refractivity contribution in [1.29, 1.82) is 0 Å². The van der Waals surface area contributed by atoms with Crippen LogP contribution in [0.1, 0.15) is 58.8 Å². The summed E-state index contributed by atoms with van der Waals surface area (Å²) in [6.07, 6.45) is 7.40. The molecule has 6 nitrogen and oxygen atoms in total. The standard InChI is InChI=1S/C24H34N3O3P/c1-24(2)16-21-23(22(17-24)26-13-7-4-8-14-26)31(28,30-18-20-12-9-15-29-20)27(25-21)19-10-5-3-6-11-19/h3,5-6,10-11,20H,4,7-9,12-18H2,1-2H3/t20-,31+/m0/s1. The first-order chi connectivity index (χ1) is 15.0. The first-order valence-corrected chi connectivity index (χ1v) is 13.3. The van der Waals surface area contributed by atoms with Crippen LogP contribution in [0, 0.1) is 5.41 Å². The van der Waals surface area contributed by atoms with Gasteiger partial charge in [0, 0.05) is 25.4 Å². The van der Waals surface area contributed by atoms with E-state index in [-0.39, 0.29) is 11.5 Å². The number of hydrazone groups is 1. The van der Waals surface area contributed by atoms with E-state index in [4.69, 9.17) is 14.4 Å². The van der Waals surface area contributed by atoms with Crippen LogP contribution in [0.15, 0.2) is 46.4 Å². The average Bonchev–Trinajstić information content (AvgIpc) is 3.39. The van der Waals surface area contributed by atoms with Gasteiger partial charge in [0.2, 0.25) is 0 Å². The number of likely N-dealkylation sites (tertiary alicyclic amines) is 1. The van der Waals surface area contributed by atoms with Crippen LogP contribution in [0.25, 0.3) is 0 Å². The lowest BCUT2D eigenvalue weighted by Crippen LogP contribution is -2.36. The van der Waals surface area contributed by atoms with Crippen LogP contribution in [0.4, 0.5) is 5.69 Å². The molecule has 0 amide bonds. The van der Waals surface area contributed by atoms with Crippen molar-refractivity contribution in [2.24, 2.45) is 10.5 Å². The Bertz CT molecular complexity index is 915. The lowest BCUT2D eigenvalue weighted by atomic mass is 9.78. The molecule has 0 aromatic heterocycles. The zero-order chi connectivity index (χ0) is 21.5. The molecule has 5 rings (SSSR count). The predicted molar refractivity (Wildman–Crippen MR) is 124 cm³/mol. The summed E-state index contributed by atoms with van der Waals surface area (Å²) < 4.78 is 28.6. The number of hydrogen-bond donors (Lipinski definition) is 0. The van der Waals surface area contributed by atoms with Crippen LogP contribution in [0.3, 0.4) is 0 Å². The third kappa shape index (κ3) is 4.10. The molecule has 3 aliphatic heterocycles. The molecular weight excluding hydrogens is 409 g/mol. The fraction of sp³-hybridized carbons (Fsp3) is 0.625. The van der Waals surface area contributed by atoms with Gasteiger partial charge in [0.25, 0.3) is 0 Å². The highest BCUT2D eigenvalue weighted by Crippen LogP contribution is 2.67. The molecule has 2 fully saturated rings. The third-order valence-electron chi connectivity index (χ3n) is 6.77. The minimum Gasteiger partial charge on any atom is -0.376 e. The minimum atomic E-state index is -3.38. The molecular formula is C24H34N3O3P. The fourth-order valence-electron chi connectivity index (χ4n) is 5.26. The number of nitrogens with zero attached hydrogens (tertiary/aromatic N) is 3. The van der Waals surface area contributed by atoms with Crippen molar-refractivity contribution < 1.29 is 13.8 Å². The van der Waals surface area contributed by atoms with E-state index >= 15 is 0 Å². The van der Waals surface area contributed by atoms with Gasteiger partial charge in [-0.15, -0.1) is 0 Å². The van der Waals surface area contributed by atoms with Gasteiger partial charge in [-0.05, 0) is 62.5 Å². The fourth-order valence-corrected chi connectivity index (χ4v) is 7.71. The number of para-hydroxylation sites is 1. The molecule has 31 heavy (non-hydrogen) atoms. The molecule has 168 valence electrons. The van der Waals surface area contributed by atoms with E-state index in [0.29, 0.717) is 6.61 Å². The maximum atomic E-state index is 14.8. The minimum absolute atomic E-state index is 0.0200. The van der Waals surface area contributed by atoms with Gasteiger partial charge in [-0.2, -0.15) is 9.88 Å². The van der Waals surface area contributed by atoms with Crippen LogP contribution in [0.5, 0.6) is 0 Å².